The molecule has 0 spiro atoms. The Morgan fingerprint density at radius 3 is 1.06 bits per heavy atom. The lowest BCUT2D eigenvalue weighted by Crippen LogP contribution is -2.50. The first kappa shape index (κ1) is 23.3. The van der Waals surface area contributed by atoms with Crippen molar-refractivity contribution in [2.75, 3.05) is 0 Å². The van der Waals surface area contributed by atoms with Crippen LogP contribution in [0.4, 0.5) is 0 Å². The molecule has 196 valence electrons. The number of nitrogens with one attached hydrogen (secondary N) is 3. The van der Waals surface area contributed by atoms with Gasteiger partial charge in [-0.2, -0.15) is 0 Å². The van der Waals surface area contributed by atoms with Crippen molar-refractivity contribution in [3.05, 3.63) is 11.4 Å². The van der Waals surface area contributed by atoms with Gasteiger partial charge in [-0.1, -0.05) is 0 Å². The Labute approximate surface area is 215 Å². The van der Waals surface area contributed by atoms with E-state index >= 15 is 0 Å². The first-order valence-corrected chi connectivity index (χ1v) is 15.1. The molecule has 0 aliphatic heterocycles. The molecule has 0 saturated heterocycles. The van der Waals surface area contributed by atoms with Crippen LogP contribution in [-0.4, -0.2) is 23.8 Å². The molecule has 0 aromatic heterocycles. The summed E-state index contributed by atoms with van der Waals surface area (Å²) < 4.78 is 0. The van der Waals surface area contributed by atoms with Crippen molar-refractivity contribution in [2.45, 2.75) is 122 Å². The third-order valence-corrected chi connectivity index (χ3v) is 12.3. The molecule has 9 fully saturated rings. The first-order valence-electron chi connectivity index (χ1n) is 15.1. The van der Waals surface area contributed by atoms with Crippen LogP contribution in [-0.2, 0) is 14.4 Å². The maximum Gasteiger partial charge on any atom is 0.230 e. The second kappa shape index (κ2) is 8.33. The van der Waals surface area contributed by atoms with Crippen molar-refractivity contribution in [3.63, 3.8) is 0 Å². The predicted octanol–water partition coefficient (Wildman–Crippen LogP) is 4.84. The van der Waals surface area contributed by atoms with E-state index in [-0.39, 0.29) is 40.0 Å². The molecule has 0 radical (unpaired) electrons. The number of rotatable bonds is 6. The Balaban J connectivity index is 1.08. The van der Waals surface area contributed by atoms with E-state index in [0.29, 0.717) is 0 Å². The molecular formula is C30H43N3O3. The van der Waals surface area contributed by atoms with E-state index in [1.54, 1.807) is 0 Å². The van der Waals surface area contributed by atoms with Crippen LogP contribution in [0.15, 0.2) is 11.4 Å². The Morgan fingerprint density at radius 2 is 0.750 bits per heavy atom. The quantitative estimate of drug-likeness (QED) is 0.495. The maximum atomic E-state index is 13.6. The molecule has 0 aromatic rings. The minimum atomic E-state index is -0.341. The standard InChI is InChI=1S/C30H43N3O3/c34-25(28-10-1-19(2-11-28)3-12-28)31-22-23(32-26(35)29-13-4-20(5-14-29)6-15-29)24(22)33-27(36)30-16-7-21(8-17-30)9-18-30/h19-22H,1-18H2,(H,31,34)(H,32,35)(H,33,36). The number of hydrogen-bond acceptors (Lipinski definition) is 3. The Hall–Kier alpha value is -1.85. The summed E-state index contributed by atoms with van der Waals surface area (Å²) in [7, 11) is 0. The van der Waals surface area contributed by atoms with Gasteiger partial charge in [0.2, 0.25) is 17.7 Å². The maximum absolute atomic E-state index is 13.6. The van der Waals surface area contributed by atoms with Crippen LogP contribution in [0.5, 0.6) is 0 Å². The van der Waals surface area contributed by atoms with Crippen LogP contribution in [0.3, 0.4) is 0 Å². The van der Waals surface area contributed by atoms with Gasteiger partial charge in [0.15, 0.2) is 0 Å². The minimum Gasteiger partial charge on any atom is -0.342 e. The molecule has 0 heterocycles. The van der Waals surface area contributed by atoms with E-state index < -0.39 is 0 Å². The number of carbonyl (C=O) groups excluding carboxylic acids is 3. The molecule has 10 aliphatic carbocycles. The van der Waals surface area contributed by atoms with Crippen LogP contribution in [0, 0.1) is 34.0 Å². The van der Waals surface area contributed by atoms with E-state index in [4.69, 9.17) is 0 Å². The Morgan fingerprint density at radius 1 is 0.472 bits per heavy atom. The van der Waals surface area contributed by atoms with Gasteiger partial charge in [-0.25, -0.2) is 0 Å². The molecule has 0 aromatic carbocycles. The van der Waals surface area contributed by atoms with E-state index in [2.05, 4.69) is 16.0 Å². The Kier molecular flexibility index (Phi) is 5.38. The fourth-order valence-electron chi connectivity index (χ4n) is 9.21. The highest BCUT2D eigenvalue weighted by Crippen LogP contribution is 2.53. The average Bonchev–Trinajstić information content (AvgIpc) is 3.60. The summed E-state index contributed by atoms with van der Waals surface area (Å²) in [4.78, 5) is 40.7. The highest BCUT2D eigenvalue weighted by Gasteiger charge is 2.53. The van der Waals surface area contributed by atoms with Crippen LogP contribution < -0.4 is 16.0 Å². The van der Waals surface area contributed by atoms with Crippen LogP contribution in [0.25, 0.3) is 0 Å². The summed E-state index contributed by atoms with van der Waals surface area (Å²) in [6.07, 6.45) is 19.2. The molecule has 10 rings (SSSR count). The zero-order valence-electron chi connectivity index (χ0n) is 21.8. The number of hydrogen-bond donors (Lipinski definition) is 3. The Bertz CT molecular complexity index is 894. The van der Waals surface area contributed by atoms with Gasteiger partial charge in [0.1, 0.15) is 6.04 Å². The second-order valence-corrected chi connectivity index (χ2v) is 13.9. The summed E-state index contributed by atoms with van der Waals surface area (Å²) in [5.74, 6) is 2.78. The van der Waals surface area contributed by atoms with E-state index in [1.807, 2.05) is 0 Å². The largest absolute Gasteiger partial charge is 0.342 e. The highest BCUT2D eigenvalue weighted by atomic mass is 16.2. The fourth-order valence-corrected chi connectivity index (χ4v) is 9.21. The van der Waals surface area contributed by atoms with Crippen molar-refractivity contribution in [2.24, 2.45) is 34.0 Å². The number of fused-ring (bicyclic) bond motifs is 9. The lowest BCUT2D eigenvalue weighted by atomic mass is 9.60. The molecule has 6 bridgehead atoms. The molecule has 3 amide bonds. The molecule has 6 heteroatoms. The monoisotopic (exact) mass is 493 g/mol. The third kappa shape index (κ3) is 3.67. The summed E-state index contributed by atoms with van der Waals surface area (Å²) in [6.45, 7) is 0. The van der Waals surface area contributed by atoms with Crippen molar-refractivity contribution in [3.8, 4) is 0 Å². The van der Waals surface area contributed by atoms with Crippen LogP contribution in [0.2, 0.25) is 0 Å². The molecule has 10 aliphatic rings. The van der Waals surface area contributed by atoms with Gasteiger partial charge < -0.3 is 16.0 Å². The first-order chi connectivity index (χ1) is 17.4. The van der Waals surface area contributed by atoms with Crippen LogP contribution in [0.1, 0.15) is 116 Å². The van der Waals surface area contributed by atoms with Gasteiger partial charge in [0, 0.05) is 16.2 Å². The summed E-state index contributed by atoms with van der Waals surface area (Å²) in [5.41, 5.74) is 0.753. The molecule has 3 N–H and O–H groups in total. The fraction of sp³-hybridized carbons (Fsp3) is 0.833. The zero-order valence-corrected chi connectivity index (χ0v) is 21.8. The molecule has 9 saturated carbocycles. The van der Waals surface area contributed by atoms with Crippen LogP contribution >= 0.6 is 0 Å². The number of carbonyl (C=O) groups is 3. The summed E-state index contributed by atoms with van der Waals surface area (Å²) in [6, 6.07) is -0.341. The van der Waals surface area contributed by atoms with Gasteiger partial charge in [-0.3, -0.25) is 14.4 Å². The molecule has 36 heavy (non-hydrogen) atoms. The smallest absolute Gasteiger partial charge is 0.230 e. The van der Waals surface area contributed by atoms with Gasteiger partial charge in [0.05, 0.1) is 11.4 Å². The van der Waals surface area contributed by atoms with E-state index in [9.17, 15) is 14.4 Å². The molecular weight excluding hydrogens is 450 g/mol. The average molecular weight is 494 g/mol. The lowest BCUT2D eigenvalue weighted by Gasteiger charge is -2.45. The normalized spacial score (nSPS) is 44.3. The summed E-state index contributed by atoms with van der Waals surface area (Å²) in [5, 5.41) is 9.79. The van der Waals surface area contributed by atoms with Gasteiger partial charge >= 0.3 is 0 Å². The van der Waals surface area contributed by atoms with Crippen molar-refractivity contribution in [1.29, 1.82) is 0 Å². The minimum absolute atomic E-state index is 0.117. The van der Waals surface area contributed by atoms with Crippen molar-refractivity contribution in [1.82, 2.24) is 16.0 Å². The molecule has 0 atom stereocenters. The van der Waals surface area contributed by atoms with Crippen molar-refractivity contribution >= 4 is 17.7 Å². The zero-order chi connectivity index (χ0) is 24.5. The summed E-state index contributed by atoms with van der Waals surface area (Å²) >= 11 is 0. The third-order valence-electron chi connectivity index (χ3n) is 12.3. The van der Waals surface area contributed by atoms with Crippen molar-refractivity contribution < 1.29 is 14.4 Å². The lowest BCUT2D eigenvalue weighted by molar-refractivity contribution is -0.138. The molecule has 0 unspecified atom stereocenters. The topological polar surface area (TPSA) is 87.3 Å². The number of amides is 3. The van der Waals surface area contributed by atoms with Gasteiger partial charge in [-0.05, 0) is 133 Å². The van der Waals surface area contributed by atoms with Gasteiger partial charge in [-0.15, -0.1) is 0 Å². The highest BCUT2D eigenvalue weighted by molar-refractivity contribution is 5.91. The van der Waals surface area contributed by atoms with E-state index in [0.717, 1.165) is 145 Å². The second-order valence-electron chi connectivity index (χ2n) is 13.9. The van der Waals surface area contributed by atoms with E-state index in [1.165, 1.54) is 0 Å². The predicted molar refractivity (Wildman–Crippen MR) is 136 cm³/mol. The SMILES string of the molecule is O=C(NC1=C(NC(=O)C23CCC(CC2)CC3)C1NC(=O)C12CCC(CC1)CC2)C12CCC(CC1)CC2. The molecule has 6 nitrogen and oxygen atoms in total. The van der Waals surface area contributed by atoms with Gasteiger partial charge in [0.25, 0.3) is 0 Å².